The molecule has 4 nitrogen and oxygen atoms in total. The van der Waals surface area contributed by atoms with Gasteiger partial charge < -0.3 is 10.2 Å². The number of hydrogen-bond donors (Lipinski definition) is 2. The van der Waals surface area contributed by atoms with E-state index < -0.39 is 11.9 Å². The molecule has 2 rings (SSSR count). The summed E-state index contributed by atoms with van der Waals surface area (Å²) < 4.78 is 0. The van der Waals surface area contributed by atoms with Crippen molar-refractivity contribution in [3.63, 3.8) is 0 Å². The summed E-state index contributed by atoms with van der Waals surface area (Å²) in [5, 5.41) is 19.1. The predicted octanol–water partition coefficient (Wildman–Crippen LogP) is 3.71. The van der Waals surface area contributed by atoms with Gasteiger partial charge in [0, 0.05) is 10.6 Å². The maximum Gasteiger partial charge on any atom is 0.336 e. The Balaban J connectivity index is 2.83. The molecule has 0 spiro atoms. The highest BCUT2D eigenvalue weighted by molar-refractivity contribution is 6.30. The van der Waals surface area contributed by atoms with Gasteiger partial charge in [-0.25, -0.2) is 9.59 Å². The molecule has 0 saturated carbocycles. The predicted molar refractivity (Wildman–Crippen MR) is 75.5 cm³/mol. The zero-order chi connectivity index (χ0) is 14.9. The van der Waals surface area contributed by atoms with E-state index in [1.165, 1.54) is 12.1 Å². The number of aromatic carboxylic acids is 2. The number of aryl methyl sites for hydroxylation is 1. The first kappa shape index (κ1) is 14.1. The van der Waals surface area contributed by atoms with Crippen molar-refractivity contribution in [1.82, 2.24) is 0 Å². The Labute approximate surface area is 120 Å². The van der Waals surface area contributed by atoms with Crippen LogP contribution in [0.2, 0.25) is 5.02 Å². The van der Waals surface area contributed by atoms with E-state index in [-0.39, 0.29) is 16.7 Å². The summed E-state index contributed by atoms with van der Waals surface area (Å²) in [6.45, 7) is 1.63. The van der Waals surface area contributed by atoms with E-state index >= 15 is 0 Å². The first-order valence-electron chi connectivity index (χ1n) is 5.78. The highest BCUT2D eigenvalue weighted by Gasteiger charge is 2.21. The maximum atomic E-state index is 11.4. The number of rotatable bonds is 3. The molecule has 5 heteroatoms. The minimum Gasteiger partial charge on any atom is -0.478 e. The van der Waals surface area contributed by atoms with Crippen LogP contribution < -0.4 is 0 Å². The molecular formula is C15H11ClO4. The van der Waals surface area contributed by atoms with Crippen LogP contribution >= 0.6 is 11.6 Å². The minimum absolute atomic E-state index is 0.00720. The van der Waals surface area contributed by atoms with Crippen molar-refractivity contribution in [3.05, 3.63) is 58.1 Å². The van der Waals surface area contributed by atoms with E-state index in [0.717, 1.165) is 0 Å². The van der Waals surface area contributed by atoms with Crippen LogP contribution in [0.4, 0.5) is 0 Å². The molecule has 102 valence electrons. The van der Waals surface area contributed by atoms with Crippen LogP contribution in [0.3, 0.4) is 0 Å². The van der Waals surface area contributed by atoms with Gasteiger partial charge in [-0.2, -0.15) is 0 Å². The fourth-order valence-electron chi connectivity index (χ4n) is 2.08. The van der Waals surface area contributed by atoms with Gasteiger partial charge in [0.05, 0.1) is 11.1 Å². The van der Waals surface area contributed by atoms with Gasteiger partial charge in [-0.3, -0.25) is 0 Å². The van der Waals surface area contributed by atoms with Gasteiger partial charge in [0.15, 0.2) is 0 Å². The fourth-order valence-corrected chi connectivity index (χ4v) is 2.20. The molecule has 0 unspecified atom stereocenters. The number of hydrogen-bond acceptors (Lipinski definition) is 2. The lowest BCUT2D eigenvalue weighted by Gasteiger charge is -2.13. The van der Waals surface area contributed by atoms with E-state index in [4.69, 9.17) is 11.6 Å². The quantitative estimate of drug-likeness (QED) is 0.903. The lowest BCUT2D eigenvalue weighted by molar-refractivity contribution is 0.0695. The van der Waals surface area contributed by atoms with Crippen LogP contribution in [-0.4, -0.2) is 22.2 Å². The molecule has 2 N–H and O–H groups in total. The molecule has 0 aliphatic heterocycles. The Kier molecular flexibility index (Phi) is 3.77. The van der Waals surface area contributed by atoms with Crippen LogP contribution in [0.15, 0.2) is 36.4 Å². The van der Waals surface area contributed by atoms with Crippen molar-refractivity contribution in [2.75, 3.05) is 0 Å². The molecule has 0 saturated heterocycles. The Morgan fingerprint density at radius 1 is 0.950 bits per heavy atom. The van der Waals surface area contributed by atoms with E-state index in [9.17, 15) is 19.8 Å². The van der Waals surface area contributed by atoms with Gasteiger partial charge in [-0.1, -0.05) is 29.8 Å². The van der Waals surface area contributed by atoms with Crippen molar-refractivity contribution < 1.29 is 19.8 Å². The van der Waals surface area contributed by atoms with Gasteiger partial charge in [0.2, 0.25) is 0 Å². The smallest absolute Gasteiger partial charge is 0.336 e. The lowest BCUT2D eigenvalue weighted by Crippen LogP contribution is -2.09. The standard InChI is InChI=1S/C15H11ClO4/c1-8-2-7-11(14(17)18)13(12(8)15(19)20)9-3-5-10(16)6-4-9/h2-7H,1H3,(H,17,18)(H,19,20). The molecule has 0 aromatic heterocycles. The molecule has 2 aromatic carbocycles. The third kappa shape index (κ3) is 2.51. The van der Waals surface area contributed by atoms with Gasteiger partial charge >= 0.3 is 11.9 Å². The molecule has 0 bridgehead atoms. The Hall–Kier alpha value is -2.33. The first-order chi connectivity index (χ1) is 9.41. The number of carboxylic acids is 2. The summed E-state index contributed by atoms with van der Waals surface area (Å²) in [6, 6.07) is 9.30. The largest absolute Gasteiger partial charge is 0.478 e. The molecule has 0 heterocycles. The molecule has 0 atom stereocenters. The van der Waals surface area contributed by atoms with Gasteiger partial charge in [-0.05, 0) is 36.2 Å². The highest BCUT2D eigenvalue weighted by atomic mass is 35.5. The summed E-state index contributed by atoms with van der Waals surface area (Å²) in [7, 11) is 0. The fraction of sp³-hybridized carbons (Fsp3) is 0.0667. The summed E-state index contributed by atoms with van der Waals surface area (Å²) in [6.07, 6.45) is 0. The molecule has 0 fully saturated rings. The van der Waals surface area contributed by atoms with Crippen LogP contribution in [0.5, 0.6) is 0 Å². The number of carboxylic acid groups (broad SMARTS) is 2. The molecular weight excluding hydrogens is 280 g/mol. The monoisotopic (exact) mass is 290 g/mol. The van der Waals surface area contributed by atoms with Crippen LogP contribution in [0.1, 0.15) is 26.3 Å². The molecule has 20 heavy (non-hydrogen) atoms. The van der Waals surface area contributed by atoms with Gasteiger partial charge in [0.1, 0.15) is 0 Å². The molecule has 0 aliphatic rings. The van der Waals surface area contributed by atoms with Crippen molar-refractivity contribution in [3.8, 4) is 11.1 Å². The zero-order valence-electron chi connectivity index (χ0n) is 10.6. The van der Waals surface area contributed by atoms with Crippen LogP contribution in [0.25, 0.3) is 11.1 Å². The van der Waals surface area contributed by atoms with E-state index in [0.29, 0.717) is 16.1 Å². The third-order valence-corrected chi connectivity index (χ3v) is 3.24. The SMILES string of the molecule is Cc1ccc(C(=O)O)c(-c2ccc(Cl)cc2)c1C(=O)O. The highest BCUT2D eigenvalue weighted by Crippen LogP contribution is 2.31. The molecule has 2 aromatic rings. The average molecular weight is 291 g/mol. The molecule has 0 amide bonds. The van der Waals surface area contributed by atoms with E-state index in [1.54, 1.807) is 31.2 Å². The van der Waals surface area contributed by atoms with E-state index in [2.05, 4.69) is 0 Å². The zero-order valence-corrected chi connectivity index (χ0v) is 11.3. The second kappa shape index (κ2) is 5.35. The summed E-state index contributed by atoms with van der Waals surface area (Å²) in [5.74, 6) is -2.33. The van der Waals surface area contributed by atoms with Crippen molar-refractivity contribution in [1.29, 1.82) is 0 Å². The Morgan fingerprint density at radius 2 is 1.55 bits per heavy atom. The van der Waals surface area contributed by atoms with E-state index in [1.807, 2.05) is 0 Å². The average Bonchev–Trinajstić information content (AvgIpc) is 2.38. The molecule has 0 aliphatic carbocycles. The van der Waals surface area contributed by atoms with Gasteiger partial charge in [-0.15, -0.1) is 0 Å². The number of benzene rings is 2. The number of halogens is 1. The maximum absolute atomic E-state index is 11.4. The second-order valence-electron chi connectivity index (χ2n) is 4.30. The Morgan fingerprint density at radius 3 is 2.05 bits per heavy atom. The second-order valence-corrected chi connectivity index (χ2v) is 4.73. The minimum atomic E-state index is -1.17. The first-order valence-corrected chi connectivity index (χ1v) is 6.15. The summed E-state index contributed by atoms with van der Waals surface area (Å²) in [5.41, 5.74) is 1.16. The van der Waals surface area contributed by atoms with Crippen LogP contribution in [0, 0.1) is 6.92 Å². The van der Waals surface area contributed by atoms with Crippen molar-refractivity contribution in [2.24, 2.45) is 0 Å². The van der Waals surface area contributed by atoms with Crippen molar-refractivity contribution >= 4 is 23.5 Å². The normalized spacial score (nSPS) is 10.3. The lowest BCUT2D eigenvalue weighted by atomic mass is 9.91. The topological polar surface area (TPSA) is 74.6 Å². The van der Waals surface area contributed by atoms with Gasteiger partial charge in [0.25, 0.3) is 0 Å². The van der Waals surface area contributed by atoms with Crippen LogP contribution in [-0.2, 0) is 0 Å². The number of carbonyl (C=O) groups is 2. The Bertz CT molecular complexity index is 690. The third-order valence-electron chi connectivity index (χ3n) is 2.99. The molecule has 0 radical (unpaired) electrons. The summed E-state index contributed by atoms with van der Waals surface area (Å²) >= 11 is 5.80. The van der Waals surface area contributed by atoms with Crippen molar-refractivity contribution in [2.45, 2.75) is 6.92 Å². The summed E-state index contributed by atoms with van der Waals surface area (Å²) in [4.78, 5) is 22.8.